The summed E-state index contributed by atoms with van der Waals surface area (Å²) in [5.74, 6) is -0.0365. The smallest absolute Gasteiger partial charge is 0.496 e. The lowest BCUT2D eigenvalue weighted by molar-refractivity contribution is -0.274. The van der Waals surface area contributed by atoms with Crippen molar-refractivity contribution in [2.24, 2.45) is 5.41 Å². The zero-order valence-electron chi connectivity index (χ0n) is 20.5. The van der Waals surface area contributed by atoms with Crippen molar-refractivity contribution in [3.63, 3.8) is 0 Å². The predicted molar refractivity (Wildman–Crippen MR) is 130 cm³/mol. The molecule has 4 rings (SSSR count). The molecule has 0 unspecified atom stereocenters. The third-order valence-electron chi connectivity index (χ3n) is 6.59. The lowest BCUT2D eigenvalue weighted by atomic mass is 9.75. The van der Waals surface area contributed by atoms with Gasteiger partial charge in [-0.1, -0.05) is 20.3 Å². The third-order valence-corrected chi connectivity index (χ3v) is 6.59. The highest BCUT2D eigenvalue weighted by molar-refractivity contribution is 5.83. The second kappa shape index (κ2) is 9.91. The van der Waals surface area contributed by atoms with Crippen LogP contribution in [0.1, 0.15) is 57.6 Å². The summed E-state index contributed by atoms with van der Waals surface area (Å²) in [5, 5.41) is 12.4. The van der Waals surface area contributed by atoms with Crippen molar-refractivity contribution in [3.8, 4) is 11.5 Å². The van der Waals surface area contributed by atoms with Crippen molar-refractivity contribution in [1.29, 1.82) is 0 Å². The first-order valence-corrected chi connectivity index (χ1v) is 11.9. The Bertz CT molecular complexity index is 1240. The summed E-state index contributed by atoms with van der Waals surface area (Å²) in [4.78, 5) is 15.9. The number of fused-ring (bicyclic) bond motifs is 1. The molecule has 1 aromatic heterocycles. The van der Waals surface area contributed by atoms with E-state index in [9.17, 15) is 18.0 Å². The summed E-state index contributed by atoms with van der Waals surface area (Å²) in [7, 11) is 1.56. The summed E-state index contributed by atoms with van der Waals surface area (Å²) in [6, 6.07) is 9.42. The molecule has 1 saturated carbocycles. The van der Waals surface area contributed by atoms with Crippen LogP contribution in [0.25, 0.3) is 11.0 Å². The number of hydrogen-bond donors (Lipinski definition) is 2. The van der Waals surface area contributed by atoms with Crippen LogP contribution in [0.5, 0.6) is 11.5 Å². The first-order chi connectivity index (χ1) is 16.9. The number of alkyl halides is 3. The zero-order valence-corrected chi connectivity index (χ0v) is 20.5. The van der Waals surface area contributed by atoms with E-state index in [1.165, 1.54) is 24.3 Å². The molecule has 1 heterocycles. The van der Waals surface area contributed by atoms with Gasteiger partial charge in [0.05, 0.1) is 18.1 Å². The molecular formula is C26H30F3N3O4. The van der Waals surface area contributed by atoms with Gasteiger partial charge in [0.1, 0.15) is 11.5 Å². The van der Waals surface area contributed by atoms with E-state index in [4.69, 9.17) is 14.8 Å². The molecule has 2 aromatic carbocycles. The molecule has 0 aliphatic heterocycles. The van der Waals surface area contributed by atoms with Gasteiger partial charge in [0.25, 0.3) is 0 Å². The molecule has 36 heavy (non-hydrogen) atoms. The van der Waals surface area contributed by atoms with Crippen molar-refractivity contribution in [2.45, 2.75) is 64.8 Å². The third kappa shape index (κ3) is 6.03. The van der Waals surface area contributed by atoms with Gasteiger partial charge in [0.2, 0.25) is 5.95 Å². The molecule has 0 radical (unpaired) electrons. The van der Waals surface area contributed by atoms with E-state index in [-0.39, 0.29) is 23.6 Å². The van der Waals surface area contributed by atoms with Crippen LogP contribution in [-0.2, 0) is 11.2 Å². The van der Waals surface area contributed by atoms with Gasteiger partial charge >= 0.3 is 12.3 Å². The second-order valence-corrected chi connectivity index (χ2v) is 9.96. The number of benzene rings is 2. The number of aliphatic carboxylic acids is 1. The maximum absolute atomic E-state index is 12.5. The number of halogens is 3. The fraction of sp³-hybridized carbons (Fsp3) is 0.462. The van der Waals surface area contributed by atoms with Gasteiger partial charge in [-0.15, -0.1) is 13.2 Å². The number of nitrogens with one attached hydrogen (secondary N) is 1. The highest BCUT2D eigenvalue weighted by Crippen LogP contribution is 2.44. The highest BCUT2D eigenvalue weighted by atomic mass is 19.4. The minimum Gasteiger partial charge on any atom is -0.496 e. The number of carboxylic acid groups (broad SMARTS) is 1. The van der Waals surface area contributed by atoms with Crippen LogP contribution in [0.3, 0.4) is 0 Å². The molecule has 2 N–H and O–H groups in total. The molecule has 1 fully saturated rings. The summed E-state index contributed by atoms with van der Waals surface area (Å²) < 4.78 is 49.3. The van der Waals surface area contributed by atoms with E-state index in [1.807, 2.05) is 12.1 Å². The summed E-state index contributed by atoms with van der Waals surface area (Å²) >= 11 is 0. The summed E-state index contributed by atoms with van der Waals surface area (Å²) in [6.45, 7) is 4.49. The van der Waals surface area contributed by atoms with E-state index in [0.717, 1.165) is 36.8 Å². The van der Waals surface area contributed by atoms with Crippen LogP contribution in [0.2, 0.25) is 0 Å². The Labute approximate surface area is 207 Å². The van der Waals surface area contributed by atoms with Gasteiger partial charge < -0.3 is 24.5 Å². The maximum atomic E-state index is 12.5. The molecule has 1 aliphatic rings. The molecule has 7 nitrogen and oxygen atoms in total. The van der Waals surface area contributed by atoms with E-state index in [0.29, 0.717) is 29.3 Å². The van der Waals surface area contributed by atoms with Gasteiger partial charge in [-0.05, 0) is 67.0 Å². The highest BCUT2D eigenvalue weighted by Gasteiger charge is 2.32. The molecule has 0 saturated heterocycles. The predicted octanol–water partition coefficient (Wildman–Crippen LogP) is 6.85. The topological polar surface area (TPSA) is 85.6 Å². The van der Waals surface area contributed by atoms with Crippen molar-refractivity contribution in [1.82, 2.24) is 9.55 Å². The van der Waals surface area contributed by atoms with Crippen LogP contribution in [0, 0.1) is 5.41 Å². The average Bonchev–Trinajstić information content (AvgIpc) is 3.13. The van der Waals surface area contributed by atoms with Crippen LogP contribution in [0.15, 0.2) is 36.4 Å². The quantitative estimate of drug-likeness (QED) is 0.348. The second-order valence-electron chi connectivity index (χ2n) is 9.96. The standard InChI is InChI=1S/C26H30F3N3O4/c1-25(2)12-4-5-18(15-25)32-21-14-22(35-3)16(6-11-23(33)34)13-20(21)31-24(32)30-17-7-9-19(10-8-17)36-26(27,28)29/h7-10,13-14,18H,4-6,11-12,15H2,1-3H3,(H,30,31)(H,33,34)/t18-/m0/s1. The number of hydrogen-bond acceptors (Lipinski definition) is 5. The Morgan fingerprint density at radius 3 is 2.58 bits per heavy atom. The Kier molecular flexibility index (Phi) is 7.06. The van der Waals surface area contributed by atoms with Gasteiger partial charge in [-0.2, -0.15) is 0 Å². The van der Waals surface area contributed by atoms with Crippen LogP contribution in [0.4, 0.5) is 24.8 Å². The van der Waals surface area contributed by atoms with Crippen molar-refractivity contribution < 1.29 is 32.5 Å². The molecule has 1 atom stereocenters. The normalized spacial score (nSPS) is 17.7. The molecule has 0 bridgehead atoms. The van der Waals surface area contributed by atoms with Crippen molar-refractivity contribution >= 4 is 28.6 Å². The fourth-order valence-corrected chi connectivity index (χ4v) is 5.00. The molecule has 194 valence electrons. The number of ether oxygens (including phenoxy) is 2. The summed E-state index contributed by atoms with van der Waals surface area (Å²) in [6.07, 6.45) is -0.387. The number of rotatable bonds is 8. The SMILES string of the molecule is COc1cc2c(cc1CCC(=O)O)nc(Nc1ccc(OC(F)(F)F)cc1)n2[C@H]1CCCC(C)(C)C1. The van der Waals surface area contributed by atoms with Gasteiger partial charge in [0, 0.05) is 24.2 Å². The van der Waals surface area contributed by atoms with Gasteiger partial charge in [0.15, 0.2) is 0 Å². The number of methoxy groups -OCH3 is 1. The Morgan fingerprint density at radius 1 is 1.25 bits per heavy atom. The zero-order chi connectivity index (χ0) is 26.1. The number of carboxylic acids is 1. The van der Waals surface area contributed by atoms with Crippen molar-refractivity contribution in [3.05, 3.63) is 42.0 Å². The Balaban J connectivity index is 1.75. The van der Waals surface area contributed by atoms with E-state index >= 15 is 0 Å². The maximum Gasteiger partial charge on any atom is 0.573 e. The first-order valence-electron chi connectivity index (χ1n) is 11.9. The molecule has 1 aliphatic carbocycles. The molecule has 10 heteroatoms. The van der Waals surface area contributed by atoms with Gasteiger partial charge in [-0.3, -0.25) is 4.79 Å². The largest absolute Gasteiger partial charge is 0.573 e. The number of imidazole rings is 1. The van der Waals surface area contributed by atoms with Crippen LogP contribution in [-0.4, -0.2) is 34.1 Å². The van der Waals surface area contributed by atoms with Gasteiger partial charge in [-0.25, -0.2) is 4.98 Å². The first kappa shape index (κ1) is 25.7. The lowest BCUT2D eigenvalue weighted by Gasteiger charge is -2.36. The average molecular weight is 506 g/mol. The number of carbonyl (C=O) groups is 1. The van der Waals surface area contributed by atoms with E-state index in [1.54, 1.807) is 7.11 Å². The van der Waals surface area contributed by atoms with E-state index < -0.39 is 12.3 Å². The molecule has 0 amide bonds. The number of nitrogens with zero attached hydrogens (tertiary/aromatic N) is 2. The number of anilines is 2. The number of aromatic nitrogens is 2. The minimum atomic E-state index is -4.76. The lowest BCUT2D eigenvalue weighted by Crippen LogP contribution is -2.25. The van der Waals surface area contributed by atoms with E-state index in [2.05, 4.69) is 28.5 Å². The van der Waals surface area contributed by atoms with Crippen LogP contribution >= 0.6 is 0 Å². The Morgan fingerprint density at radius 2 is 1.97 bits per heavy atom. The molecular weight excluding hydrogens is 475 g/mol. The fourth-order valence-electron chi connectivity index (χ4n) is 5.00. The minimum absolute atomic E-state index is 0.0309. The van der Waals surface area contributed by atoms with Crippen molar-refractivity contribution in [2.75, 3.05) is 12.4 Å². The molecule has 0 spiro atoms. The number of aryl methyl sites for hydroxylation is 1. The molecule has 3 aromatic rings. The summed E-state index contributed by atoms with van der Waals surface area (Å²) in [5.41, 5.74) is 3.02. The Hall–Kier alpha value is -3.43. The monoisotopic (exact) mass is 505 g/mol. The van der Waals surface area contributed by atoms with Crippen LogP contribution < -0.4 is 14.8 Å².